The van der Waals surface area contributed by atoms with Gasteiger partial charge in [0.25, 0.3) is 5.91 Å². The number of nitrogens with one attached hydrogen (secondary N) is 1. The Morgan fingerprint density at radius 2 is 2.39 bits per heavy atom. The van der Waals surface area contributed by atoms with Gasteiger partial charge in [-0.25, -0.2) is 0 Å². The van der Waals surface area contributed by atoms with Gasteiger partial charge in [-0.05, 0) is 6.42 Å². The van der Waals surface area contributed by atoms with Gasteiger partial charge in [-0.15, -0.1) is 11.3 Å². The molecular formula is C11H17N3O3S. The van der Waals surface area contributed by atoms with Crippen molar-refractivity contribution in [2.24, 2.45) is 0 Å². The predicted molar refractivity (Wildman–Crippen MR) is 71.5 cm³/mol. The van der Waals surface area contributed by atoms with E-state index in [1.807, 2.05) is 4.90 Å². The Kier molecular flexibility index (Phi) is 3.63. The number of ether oxygens (including phenoxy) is 1. The van der Waals surface area contributed by atoms with Crippen molar-refractivity contribution in [2.75, 3.05) is 37.9 Å². The number of carbonyl (C=O) groups is 1. The Bertz CT molecular complexity index is 461. The molecule has 1 aliphatic heterocycles. The maximum Gasteiger partial charge on any atom is 0.263 e. The Balaban J connectivity index is 2.38. The van der Waals surface area contributed by atoms with Crippen LogP contribution in [0.2, 0.25) is 0 Å². The molecule has 2 heterocycles. The van der Waals surface area contributed by atoms with Crippen molar-refractivity contribution in [1.29, 1.82) is 0 Å². The van der Waals surface area contributed by atoms with Crippen molar-refractivity contribution in [3.05, 3.63) is 4.88 Å². The third kappa shape index (κ3) is 2.11. The lowest BCUT2D eigenvalue weighted by Gasteiger charge is -2.16. The maximum absolute atomic E-state index is 11.7. The summed E-state index contributed by atoms with van der Waals surface area (Å²) in [5.41, 5.74) is 6.29. The van der Waals surface area contributed by atoms with E-state index >= 15 is 0 Å². The quantitative estimate of drug-likeness (QED) is 0.734. The van der Waals surface area contributed by atoms with E-state index in [2.05, 4.69) is 5.32 Å². The van der Waals surface area contributed by atoms with Crippen LogP contribution in [0.25, 0.3) is 0 Å². The van der Waals surface area contributed by atoms with Gasteiger partial charge < -0.3 is 25.8 Å². The number of β-amino-alcohol motifs (C(OH)–C–C–N with tert-alkyl or cyclic N) is 1. The number of nitrogen functional groups attached to an aromatic ring is 1. The van der Waals surface area contributed by atoms with Crippen LogP contribution in [-0.2, 0) is 0 Å². The number of hydrogen-bond donors (Lipinski definition) is 3. The second-order valence-electron chi connectivity index (χ2n) is 4.15. The third-order valence-corrected chi connectivity index (χ3v) is 4.22. The highest BCUT2D eigenvalue weighted by atomic mass is 32.1. The van der Waals surface area contributed by atoms with Gasteiger partial charge in [0, 0.05) is 20.1 Å². The molecule has 1 unspecified atom stereocenters. The van der Waals surface area contributed by atoms with E-state index in [4.69, 9.17) is 10.5 Å². The predicted octanol–water partition coefficient (Wildman–Crippen LogP) is 0.270. The van der Waals surface area contributed by atoms with Gasteiger partial charge in [-0.2, -0.15) is 0 Å². The highest BCUT2D eigenvalue weighted by Crippen LogP contribution is 2.45. The number of aliphatic hydroxyl groups is 1. The molecule has 0 aromatic carbocycles. The van der Waals surface area contributed by atoms with Crippen LogP contribution < -0.4 is 20.7 Å². The molecule has 1 amide bonds. The van der Waals surface area contributed by atoms with E-state index in [0.717, 1.165) is 18.0 Å². The zero-order chi connectivity index (χ0) is 13.3. The van der Waals surface area contributed by atoms with Gasteiger partial charge in [-0.3, -0.25) is 4.79 Å². The Labute approximate surface area is 109 Å². The SMILES string of the molecule is CNC(=O)c1sc(N2CCC(O)C2)c(OC)c1N. The van der Waals surface area contributed by atoms with Crippen LogP contribution in [0.5, 0.6) is 5.75 Å². The Hall–Kier alpha value is -1.47. The first-order chi connectivity index (χ1) is 8.58. The monoisotopic (exact) mass is 271 g/mol. The molecular weight excluding hydrogens is 254 g/mol. The zero-order valence-electron chi connectivity index (χ0n) is 10.4. The van der Waals surface area contributed by atoms with Gasteiger partial charge in [0.15, 0.2) is 5.75 Å². The first-order valence-corrected chi connectivity index (χ1v) is 6.51. The van der Waals surface area contributed by atoms with Crippen molar-refractivity contribution in [3.8, 4) is 5.75 Å². The molecule has 1 aromatic rings. The van der Waals surface area contributed by atoms with Crippen molar-refractivity contribution in [1.82, 2.24) is 5.32 Å². The number of carbonyl (C=O) groups excluding carboxylic acids is 1. The lowest BCUT2D eigenvalue weighted by Crippen LogP contribution is -2.20. The van der Waals surface area contributed by atoms with Crippen LogP contribution in [0.3, 0.4) is 0 Å². The fourth-order valence-electron chi connectivity index (χ4n) is 2.03. The van der Waals surface area contributed by atoms with Crippen molar-refractivity contribution < 1.29 is 14.6 Å². The first kappa shape index (κ1) is 13.0. The summed E-state index contributed by atoms with van der Waals surface area (Å²) in [6.07, 6.45) is 0.387. The third-order valence-electron chi connectivity index (χ3n) is 2.97. The van der Waals surface area contributed by atoms with Gasteiger partial charge in [0.2, 0.25) is 0 Å². The Morgan fingerprint density at radius 1 is 1.67 bits per heavy atom. The van der Waals surface area contributed by atoms with Gasteiger partial charge >= 0.3 is 0 Å². The molecule has 0 spiro atoms. The number of anilines is 2. The molecule has 1 fully saturated rings. The molecule has 0 radical (unpaired) electrons. The normalized spacial score (nSPS) is 19.1. The fraction of sp³-hybridized carbons (Fsp3) is 0.545. The first-order valence-electron chi connectivity index (χ1n) is 5.69. The number of nitrogens with two attached hydrogens (primary N) is 1. The summed E-state index contributed by atoms with van der Waals surface area (Å²) in [6.45, 7) is 1.29. The fourth-order valence-corrected chi connectivity index (χ4v) is 3.20. The van der Waals surface area contributed by atoms with Crippen molar-refractivity contribution >= 4 is 27.9 Å². The molecule has 0 saturated carbocycles. The lowest BCUT2D eigenvalue weighted by atomic mass is 10.3. The molecule has 18 heavy (non-hydrogen) atoms. The molecule has 1 aliphatic rings. The molecule has 1 saturated heterocycles. The van der Waals surface area contributed by atoms with Crippen LogP contribution in [-0.4, -0.2) is 44.4 Å². The summed E-state index contributed by atoms with van der Waals surface area (Å²) in [5.74, 6) is 0.300. The summed E-state index contributed by atoms with van der Waals surface area (Å²) in [7, 11) is 3.09. The number of nitrogens with zero attached hydrogens (tertiary/aromatic N) is 1. The minimum atomic E-state index is -0.332. The van der Waals surface area contributed by atoms with Crippen LogP contribution in [0.15, 0.2) is 0 Å². The van der Waals surface area contributed by atoms with E-state index in [-0.39, 0.29) is 12.0 Å². The average molecular weight is 271 g/mol. The second-order valence-corrected chi connectivity index (χ2v) is 5.15. The standard InChI is InChI=1S/C11H17N3O3S/c1-13-10(16)9-7(12)8(17-2)11(18-9)14-4-3-6(15)5-14/h6,15H,3-5,12H2,1-2H3,(H,13,16). The van der Waals surface area contributed by atoms with Crippen LogP contribution in [0, 0.1) is 0 Å². The number of amides is 1. The summed E-state index contributed by atoms with van der Waals surface area (Å²) >= 11 is 1.30. The van der Waals surface area contributed by atoms with Gasteiger partial charge in [0.05, 0.1) is 13.2 Å². The molecule has 0 aliphatic carbocycles. The van der Waals surface area contributed by atoms with E-state index < -0.39 is 0 Å². The topological polar surface area (TPSA) is 87.8 Å². The molecule has 1 aromatic heterocycles. The summed E-state index contributed by atoms with van der Waals surface area (Å²) in [4.78, 5) is 14.1. The number of aliphatic hydroxyl groups excluding tert-OH is 1. The lowest BCUT2D eigenvalue weighted by molar-refractivity contribution is 0.0967. The van der Waals surface area contributed by atoms with E-state index in [1.165, 1.54) is 18.4 Å². The number of rotatable bonds is 3. The van der Waals surface area contributed by atoms with Crippen molar-refractivity contribution in [2.45, 2.75) is 12.5 Å². The summed E-state index contributed by atoms with van der Waals surface area (Å²) < 4.78 is 5.28. The largest absolute Gasteiger partial charge is 0.492 e. The van der Waals surface area contributed by atoms with Crippen LogP contribution >= 0.6 is 11.3 Å². The molecule has 1 atom stereocenters. The van der Waals surface area contributed by atoms with Gasteiger partial charge in [-0.1, -0.05) is 0 Å². The van der Waals surface area contributed by atoms with Gasteiger partial charge in [0.1, 0.15) is 15.6 Å². The minimum absolute atomic E-state index is 0.221. The molecule has 0 bridgehead atoms. The Morgan fingerprint density at radius 3 is 2.89 bits per heavy atom. The minimum Gasteiger partial charge on any atom is -0.492 e. The van der Waals surface area contributed by atoms with E-state index in [0.29, 0.717) is 22.9 Å². The summed E-state index contributed by atoms with van der Waals surface area (Å²) in [5, 5.41) is 12.9. The second kappa shape index (κ2) is 5.03. The average Bonchev–Trinajstić information content (AvgIpc) is 2.92. The number of methoxy groups -OCH3 is 1. The zero-order valence-corrected chi connectivity index (χ0v) is 11.2. The highest BCUT2D eigenvalue weighted by Gasteiger charge is 2.29. The van der Waals surface area contributed by atoms with E-state index in [1.54, 1.807) is 7.05 Å². The van der Waals surface area contributed by atoms with Crippen molar-refractivity contribution in [3.63, 3.8) is 0 Å². The molecule has 2 rings (SSSR count). The maximum atomic E-state index is 11.7. The smallest absolute Gasteiger partial charge is 0.263 e. The van der Waals surface area contributed by atoms with E-state index in [9.17, 15) is 9.90 Å². The summed E-state index contributed by atoms with van der Waals surface area (Å²) in [6, 6.07) is 0. The highest BCUT2D eigenvalue weighted by molar-refractivity contribution is 7.19. The number of thiophene rings is 1. The molecule has 100 valence electrons. The number of hydrogen-bond acceptors (Lipinski definition) is 6. The van der Waals surface area contributed by atoms with Crippen LogP contribution in [0.4, 0.5) is 10.7 Å². The molecule has 4 N–H and O–H groups in total. The molecule has 6 nitrogen and oxygen atoms in total. The van der Waals surface area contributed by atoms with Crippen LogP contribution in [0.1, 0.15) is 16.1 Å². The molecule has 7 heteroatoms.